The summed E-state index contributed by atoms with van der Waals surface area (Å²) in [7, 11) is 1.60. The van der Waals surface area contributed by atoms with E-state index in [1.54, 1.807) is 12.0 Å². The zero-order chi connectivity index (χ0) is 19.2. The van der Waals surface area contributed by atoms with Crippen LogP contribution < -0.4 is 14.8 Å². The van der Waals surface area contributed by atoms with Crippen molar-refractivity contribution in [1.82, 2.24) is 10.2 Å². The van der Waals surface area contributed by atoms with E-state index in [9.17, 15) is 9.90 Å². The largest absolute Gasteiger partial charge is 0.493 e. The maximum Gasteiger partial charge on any atom is 0.318 e. The van der Waals surface area contributed by atoms with E-state index >= 15 is 0 Å². The summed E-state index contributed by atoms with van der Waals surface area (Å²) < 4.78 is 11.2. The van der Waals surface area contributed by atoms with Gasteiger partial charge in [0.05, 0.1) is 26.4 Å². The first-order valence-electron chi connectivity index (χ1n) is 9.21. The molecule has 144 valence electrons. The van der Waals surface area contributed by atoms with Gasteiger partial charge in [0.15, 0.2) is 11.5 Å². The average molecular weight is 370 g/mol. The highest BCUT2D eigenvalue weighted by atomic mass is 16.5. The summed E-state index contributed by atoms with van der Waals surface area (Å²) >= 11 is 0. The Morgan fingerprint density at radius 1 is 1.26 bits per heavy atom. The third kappa shape index (κ3) is 4.34. The number of fused-ring (bicyclic) bond motifs is 1. The molecule has 0 fully saturated rings. The van der Waals surface area contributed by atoms with Gasteiger partial charge in [-0.1, -0.05) is 43.3 Å². The Morgan fingerprint density at radius 3 is 2.85 bits per heavy atom. The number of aliphatic hydroxyl groups excluding tert-OH is 1. The molecule has 2 aromatic carbocycles. The van der Waals surface area contributed by atoms with Crippen LogP contribution in [0.4, 0.5) is 4.79 Å². The van der Waals surface area contributed by atoms with E-state index < -0.39 is 6.10 Å². The molecule has 1 aliphatic rings. The van der Waals surface area contributed by atoms with Gasteiger partial charge in [0.1, 0.15) is 0 Å². The first-order chi connectivity index (χ1) is 13.1. The van der Waals surface area contributed by atoms with Crippen LogP contribution in [0.15, 0.2) is 42.5 Å². The predicted octanol–water partition coefficient (Wildman–Crippen LogP) is 3.24. The molecule has 0 saturated heterocycles. The SMILES string of the molecule is CCCOc1c(CNC(=O)N2Cc3ccccc3C(O)C2)cccc1OC. The number of nitrogens with one attached hydrogen (secondary N) is 1. The number of nitrogens with zero attached hydrogens (tertiary/aromatic N) is 1. The van der Waals surface area contributed by atoms with E-state index in [1.807, 2.05) is 49.4 Å². The van der Waals surface area contributed by atoms with Crippen LogP contribution in [0.5, 0.6) is 11.5 Å². The number of urea groups is 1. The number of amides is 2. The van der Waals surface area contributed by atoms with Gasteiger partial charge in [0, 0.05) is 18.7 Å². The molecule has 0 bridgehead atoms. The molecule has 6 heteroatoms. The number of methoxy groups -OCH3 is 1. The van der Waals surface area contributed by atoms with Crippen molar-refractivity contribution >= 4 is 6.03 Å². The second-order valence-electron chi connectivity index (χ2n) is 6.55. The second-order valence-corrected chi connectivity index (χ2v) is 6.55. The Hall–Kier alpha value is -2.73. The van der Waals surface area contributed by atoms with E-state index in [0.717, 1.165) is 23.1 Å². The molecule has 2 amide bonds. The molecule has 0 saturated carbocycles. The van der Waals surface area contributed by atoms with E-state index in [1.165, 1.54) is 0 Å². The van der Waals surface area contributed by atoms with E-state index in [4.69, 9.17) is 9.47 Å². The molecular weight excluding hydrogens is 344 g/mol. The van der Waals surface area contributed by atoms with Gasteiger partial charge >= 0.3 is 6.03 Å². The maximum absolute atomic E-state index is 12.6. The molecule has 6 nitrogen and oxygen atoms in total. The van der Waals surface area contributed by atoms with Gasteiger partial charge in [-0.15, -0.1) is 0 Å². The lowest BCUT2D eigenvalue weighted by Gasteiger charge is -2.32. The highest BCUT2D eigenvalue weighted by Crippen LogP contribution is 2.31. The Morgan fingerprint density at radius 2 is 2.07 bits per heavy atom. The van der Waals surface area contributed by atoms with E-state index in [2.05, 4.69) is 5.32 Å². The lowest BCUT2D eigenvalue weighted by molar-refractivity contribution is 0.104. The molecule has 2 aromatic rings. The average Bonchev–Trinajstić information content (AvgIpc) is 2.70. The standard InChI is InChI=1S/C21H26N2O4/c1-3-11-27-20-15(8-6-10-19(20)26-2)12-22-21(25)23-13-16-7-4-5-9-17(16)18(24)14-23/h4-10,18,24H,3,11-14H2,1-2H3,(H,22,25). The minimum atomic E-state index is -0.666. The maximum atomic E-state index is 12.6. The van der Waals surface area contributed by atoms with Crippen LogP contribution in [0.25, 0.3) is 0 Å². The summed E-state index contributed by atoms with van der Waals surface area (Å²) in [6.45, 7) is 3.70. The molecule has 0 aromatic heterocycles. The molecule has 1 heterocycles. The van der Waals surface area contributed by atoms with Crippen LogP contribution >= 0.6 is 0 Å². The smallest absolute Gasteiger partial charge is 0.318 e. The van der Waals surface area contributed by atoms with Crippen LogP contribution in [-0.4, -0.2) is 36.3 Å². The molecular formula is C21H26N2O4. The molecule has 0 aliphatic carbocycles. The van der Waals surface area contributed by atoms with Crippen molar-refractivity contribution in [2.24, 2.45) is 0 Å². The van der Waals surface area contributed by atoms with Gasteiger partial charge in [-0.3, -0.25) is 0 Å². The summed E-state index contributed by atoms with van der Waals surface area (Å²) in [6.07, 6.45) is 0.218. The van der Waals surface area contributed by atoms with Crippen LogP contribution in [-0.2, 0) is 13.1 Å². The van der Waals surface area contributed by atoms with Crippen molar-refractivity contribution in [3.63, 3.8) is 0 Å². The third-order valence-corrected chi connectivity index (χ3v) is 4.62. The summed E-state index contributed by atoms with van der Waals surface area (Å²) in [5, 5.41) is 13.2. The number of hydrogen-bond donors (Lipinski definition) is 2. The van der Waals surface area contributed by atoms with Crippen molar-refractivity contribution in [3.8, 4) is 11.5 Å². The van der Waals surface area contributed by atoms with Gasteiger partial charge in [-0.25, -0.2) is 4.79 Å². The predicted molar refractivity (Wildman–Crippen MR) is 103 cm³/mol. The van der Waals surface area contributed by atoms with Crippen molar-refractivity contribution in [1.29, 1.82) is 0 Å². The van der Waals surface area contributed by atoms with Crippen molar-refractivity contribution in [2.75, 3.05) is 20.3 Å². The molecule has 27 heavy (non-hydrogen) atoms. The Kier molecular flexibility index (Phi) is 6.19. The molecule has 1 unspecified atom stereocenters. The summed E-state index contributed by atoms with van der Waals surface area (Å²) in [5.41, 5.74) is 2.72. The fraction of sp³-hybridized carbons (Fsp3) is 0.381. The summed E-state index contributed by atoms with van der Waals surface area (Å²) in [5.74, 6) is 1.31. The highest BCUT2D eigenvalue weighted by molar-refractivity contribution is 5.75. The Bertz CT molecular complexity index is 794. The van der Waals surface area contributed by atoms with Crippen LogP contribution in [0, 0.1) is 0 Å². The second kappa shape index (κ2) is 8.77. The zero-order valence-corrected chi connectivity index (χ0v) is 15.8. The number of benzene rings is 2. The molecule has 1 aliphatic heterocycles. The van der Waals surface area contributed by atoms with Crippen LogP contribution in [0.2, 0.25) is 0 Å². The number of aliphatic hydroxyl groups is 1. The number of β-amino-alcohol motifs (C(OH)–C–C–N with tert-alkyl or cyclic N) is 1. The Labute approximate surface area is 159 Å². The van der Waals surface area contributed by atoms with Gasteiger partial charge in [0.25, 0.3) is 0 Å². The van der Waals surface area contributed by atoms with Crippen LogP contribution in [0.3, 0.4) is 0 Å². The van der Waals surface area contributed by atoms with Crippen LogP contribution in [0.1, 0.15) is 36.1 Å². The zero-order valence-electron chi connectivity index (χ0n) is 15.8. The normalized spacial score (nSPS) is 15.8. The number of ether oxygens (including phenoxy) is 2. The highest BCUT2D eigenvalue weighted by Gasteiger charge is 2.26. The van der Waals surface area contributed by atoms with Gasteiger partial charge in [-0.05, 0) is 23.6 Å². The number of carbonyl (C=O) groups is 1. The van der Waals surface area contributed by atoms with E-state index in [0.29, 0.717) is 31.2 Å². The first-order valence-corrected chi connectivity index (χ1v) is 9.21. The van der Waals surface area contributed by atoms with Gasteiger partial charge in [-0.2, -0.15) is 0 Å². The number of carbonyl (C=O) groups excluding carboxylic acids is 1. The fourth-order valence-corrected chi connectivity index (χ4v) is 3.25. The minimum Gasteiger partial charge on any atom is -0.493 e. The number of rotatable bonds is 6. The van der Waals surface area contributed by atoms with Gasteiger partial charge < -0.3 is 24.8 Å². The molecule has 1 atom stereocenters. The van der Waals surface area contributed by atoms with E-state index in [-0.39, 0.29) is 12.6 Å². The first kappa shape index (κ1) is 19.0. The number of para-hydroxylation sites is 1. The fourth-order valence-electron chi connectivity index (χ4n) is 3.25. The molecule has 0 spiro atoms. The topological polar surface area (TPSA) is 71.0 Å². The molecule has 3 rings (SSSR count). The number of hydrogen-bond acceptors (Lipinski definition) is 4. The summed E-state index contributed by atoms with van der Waals surface area (Å²) in [4.78, 5) is 14.3. The Balaban J connectivity index is 1.68. The third-order valence-electron chi connectivity index (χ3n) is 4.62. The van der Waals surface area contributed by atoms with Crippen molar-refractivity contribution < 1.29 is 19.4 Å². The van der Waals surface area contributed by atoms with Gasteiger partial charge in [0.2, 0.25) is 0 Å². The summed E-state index contributed by atoms with van der Waals surface area (Å²) in [6, 6.07) is 13.1. The monoisotopic (exact) mass is 370 g/mol. The quantitative estimate of drug-likeness (QED) is 0.819. The lowest BCUT2D eigenvalue weighted by Crippen LogP contribution is -2.43. The minimum absolute atomic E-state index is 0.215. The molecule has 0 radical (unpaired) electrons. The molecule has 2 N–H and O–H groups in total. The lowest BCUT2D eigenvalue weighted by atomic mass is 9.98. The van der Waals surface area contributed by atoms with Crippen molar-refractivity contribution in [3.05, 3.63) is 59.2 Å². The van der Waals surface area contributed by atoms with Crippen molar-refractivity contribution in [2.45, 2.75) is 32.5 Å².